The van der Waals surface area contributed by atoms with Gasteiger partial charge in [-0.25, -0.2) is 0 Å². The molecule has 1 fully saturated rings. The highest BCUT2D eigenvalue weighted by Crippen LogP contribution is 2.19. The number of piperazine rings is 1. The largest absolute Gasteiger partial charge is 0.497 e. The molecule has 29 heavy (non-hydrogen) atoms. The Bertz CT molecular complexity index is 1010. The van der Waals surface area contributed by atoms with Gasteiger partial charge in [0.05, 0.1) is 13.5 Å². The Balaban J connectivity index is 1.41. The maximum Gasteiger partial charge on any atom is 0.257 e. The number of amides is 1. The number of anilines is 1. The first-order valence-corrected chi connectivity index (χ1v) is 9.96. The van der Waals surface area contributed by atoms with Crippen LogP contribution in [0.2, 0.25) is 0 Å². The molecular weight excluding hydrogens is 368 g/mol. The minimum atomic E-state index is 0.153. The van der Waals surface area contributed by atoms with E-state index in [4.69, 9.17) is 4.74 Å². The van der Waals surface area contributed by atoms with Crippen LogP contribution >= 0.6 is 0 Å². The van der Waals surface area contributed by atoms with Gasteiger partial charge in [0.15, 0.2) is 0 Å². The van der Waals surface area contributed by atoms with Crippen LogP contribution in [0.1, 0.15) is 24.0 Å². The first-order chi connectivity index (χ1) is 14.1. The van der Waals surface area contributed by atoms with Crippen molar-refractivity contribution in [2.24, 2.45) is 0 Å². The topological polar surface area (TPSA) is 75.9 Å². The van der Waals surface area contributed by atoms with E-state index in [9.17, 15) is 4.79 Å². The zero-order valence-corrected chi connectivity index (χ0v) is 17.1. The smallest absolute Gasteiger partial charge is 0.257 e. The number of nitrogens with zero attached hydrogens (tertiary/aromatic N) is 6. The minimum absolute atomic E-state index is 0.153. The van der Waals surface area contributed by atoms with E-state index < -0.39 is 0 Å². The lowest BCUT2D eigenvalue weighted by molar-refractivity contribution is -0.130. The summed E-state index contributed by atoms with van der Waals surface area (Å²) in [7, 11) is 1.64. The minimum Gasteiger partial charge on any atom is -0.497 e. The van der Waals surface area contributed by atoms with Crippen molar-refractivity contribution in [2.45, 2.75) is 26.7 Å². The number of carbonyl (C=O) groups excluding carboxylic acids is 1. The maximum atomic E-state index is 12.7. The molecule has 1 saturated heterocycles. The van der Waals surface area contributed by atoms with Gasteiger partial charge in [-0.2, -0.15) is 4.98 Å². The Kier molecular flexibility index (Phi) is 5.33. The third-order valence-corrected chi connectivity index (χ3v) is 5.44. The summed E-state index contributed by atoms with van der Waals surface area (Å²) in [6, 6.07) is 9.77. The van der Waals surface area contributed by atoms with Crippen LogP contribution in [0.5, 0.6) is 5.75 Å². The molecule has 0 radical (unpaired) electrons. The van der Waals surface area contributed by atoms with Gasteiger partial charge in [-0.15, -0.1) is 10.2 Å². The molecule has 1 amide bonds. The van der Waals surface area contributed by atoms with Crippen molar-refractivity contribution in [2.75, 3.05) is 38.2 Å². The highest BCUT2D eigenvalue weighted by molar-refractivity contribution is 5.79. The number of aromatic nitrogens is 4. The van der Waals surface area contributed by atoms with Crippen LogP contribution in [0.25, 0.3) is 5.78 Å². The lowest BCUT2D eigenvalue weighted by Gasteiger charge is -2.35. The van der Waals surface area contributed by atoms with Crippen LogP contribution in [0.15, 0.2) is 30.3 Å². The summed E-state index contributed by atoms with van der Waals surface area (Å²) in [5, 5.41) is 8.33. The Morgan fingerprint density at radius 3 is 2.48 bits per heavy atom. The predicted octanol–water partition coefficient (Wildman–Crippen LogP) is 1.90. The standard InChI is InChI=1S/C21H26N6O2/c1-4-17-14-19(22-21-24-23-15(2)27(17)21)25-9-11-26(12-10-25)20(28)13-16-5-7-18(29-3)8-6-16/h5-8,14H,4,9-13H2,1-3H3. The molecule has 152 valence electrons. The molecule has 1 aliphatic rings. The molecule has 0 atom stereocenters. The molecule has 0 N–H and O–H groups in total. The van der Waals surface area contributed by atoms with Crippen molar-refractivity contribution in [3.05, 3.63) is 47.4 Å². The zero-order chi connectivity index (χ0) is 20.4. The summed E-state index contributed by atoms with van der Waals surface area (Å²) < 4.78 is 7.17. The van der Waals surface area contributed by atoms with E-state index in [0.717, 1.165) is 48.2 Å². The van der Waals surface area contributed by atoms with Gasteiger partial charge in [-0.05, 0) is 31.0 Å². The van der Waals surface area contributed by atoms with Crippen LogP contribution in [0.4, 0.5) is 5.82 Å². The molecule has 0 unspecified atom stereocenters. The highest BCUT2D eigenvalue weighted by Gasteiger charge is 2.23. The van der Waals surface area contributed by atoms with E-state index in [2.05, 4.69) is 33.1 Å². The molecule has 0 saturated carbocycles. The lowest BCUT2D eigenvalue weighted by atomic mass is 10.1. The van der Waals surface area contributed by atoms with E-state index >= 15 is 0 Å². The first kappa shape index (κ1) is 19.2. The summed E-state index contributed by atoms with van der Waals surface area (Å²) in [5.41, 5.74) is 2.14. The summed E-state index contributed by atoms with van der Waals surface area (Å²) in [5.74, 6) is 3.35. The summed E-state index contributed by atoms with van der Waals surface area (Å²) in [6.45, 7) is 6.95. The SMILES string of the molecule is CCc1cc(N2CCN(C(=O)Cc3ccc(OC)cc3)CC2)nc2nnc(C)n12. The van der Waals surface area contributed by atoms with Crippen molar-refractivity contribution >= 4 is 17.5 Å². The van der Waals surface area contributed by atoms with Gasteiger partial charge < -0.3 is 14.5 Å². The number of hydrogen-bond acceptors (Lipinski definition) is 6. The number of benzene rings is 1. The Morgan fingerprint density at radius 1 is 1.10 bits per heavy atom. The Labute approximate surface area is 170 Å². The first-order valence-electron chi connectivity index (χ1n) is 9.96. The van der Waals surface area contributed by atoms with Crippen LogP contribution in [-0.4, -0.2) is 63.7 Å². The highest BCUT2D eigenvalue weighted by atomic mass is 16.5. The van der Waals surface area contributed by atoms with Gasteiger partial charge in [0.2, 0.25) is 5.91 Å². The fourth-order valence-electron chi connectivity index (χ4n) is 3.75. The van der Waals surface area contributed by atoms with Gasteiger partial charge in [0, 0.05) is 37.9 Å². The molecule has 0 spiro atoms. The maximum absolute atomic E-state index is 12.7. The van der Waals surface area contributed by atoms with Crippen LogP contribution < -0.4 is 9.64 Å². The van der Waals surface area contributed by atoms with Crippen molar-refractivity contribution < 1.29 is 9.53 Å². The summed E-state index contributed by atoms with van der Waals surface area (Å²) in [4.78, 5) is 21.5. The fraction of sp³-hybridized carbons (Fsp3) is 0.429. The van der Waals surface area contributed by atoms with Crippen molar-refractivity contribution in [3.8, 4) is 5.75 Å². The number of hydrogen-bond donors (Lipinski definition) is 0. The quantitative estimate of drug-likeness (QED) is 0.658. The van der Waals surface area contributed by atoms with Crippen LogP contribution in [0, 0.1) is 6.92 Å². The molecule has 3 heterocycles. The van der Waals surface area contributed by atoms with E-state index in [1.54, 1.807) is 7.11 Å². The second-order valence-electron chi connectivity index (χ2n) is 7.23. The molecular formula is C21H26N6O2. The Hall–Kier alpha value is -3.16. The number of rotatable bonds is 5. The number of aryl methyl sites for hydroxylation is 2. The molecule has 3 aromatic rings. The number of fused-ring (bicyclic) bond motifs is 1. The van der Waals surface area contributed by atoms with E-state index in [0.29, 0.717) is 25.3 Å². The second kappa shape index (κ2) is 8.06. The number of carbonyl (C=O) groups is 1. The molecule has 0 aliphatic carbocycles. The fourth-order valence-corrected chi connectivity index (χ4v) is 3.75. The zero-order valence-electron chi connectivity index (χ0n) is 17.1. The van der Waals surface area contributed by atoms with Gasteiger partial charge in [0.1, 0.15) is 17.4 Å². The monoisotopic (exact) mass is 394 g/mol. The van der Waals surface area contributed by atoms with Crippen LogP contribution in [0.3, 0.4) is 0 Å². The summed E-state index contributed by atoms with van der Waals surface area (Å²) in [6.07, 6.45) is 1.29. The third kappa shape index (κ3) is 3.87. The molecule has 4 rings (SSSR count). The van der Waals surface area contributed by atoms with E-state index in [1.807, 2.05) is 40.5 Å². The van der Waals surface area contributed by atoms with E-state index in [1.165, 1.54) is 0 Å². The van der Waals surface area contributed by atoms with Gasteiger partial charge in [-0.1, -0.05) is 19.1 Å². The van der Waals surface area contributed by atoms with Gasteiger partial charge >= 0.3 is 0 Å². The number of ether oxygens (including phenoxy) is 1. The molecule has 2 aromatic heterocycles. The van der Waals surface area contributed by atoms with Gasteiger partial charge in [-0.3, -0.25) is 9.20 Å². The van der Waals surface area contributed by atoms with E-state index in [-0.39, 0.29) is 5.91 Å². The Morgan fingerprint density at radius 2 is 1.83 bits per heavy atom. The van der Waals surface area contributed by atoms with Gasteiger partial charge in [0.25, 0.3) is 5.78 Å². The van der Waals surface area contributed by atoms with Crippen molar-refractivity contribution in [1.29, 1.82) is 0 Å². The number of methoxy groups -OCH3 is 1. The van der Waals surface area contributed by atoms with Crippen molar-refractivity contribution in [3.63, 3.8) is 0 Å². The second-order valence-corrected chi connectivity index (χ2v) is 7.23. The third-order valence-electron chi connectivity index (χ3n) is 5.44. The molecule has 0 bridgehead atoms. The molecule has 1 aliphatic heterocycles. The molecule has 1 aromatic carbocycles. The average molecular weight is 394 g/mol. The molecule has 8 heteroatoms. The average Bonchev–Trinajstić information content (AvgIpc) is 3.14. The summed E-state index contributed by atoms with van der Waals surface area (Å²) >= 11 is 0. The lowest BCUT2D eigenvalue weighted by Crippen LogP contribution is -2.49. The van der Waals surface area contributed by atoms with Crippen molar-refractivity contribution in [1.82, 2.24) is 24.5 Å². The van der Waals surface area contributed by atoms with Crippen LogP contribution in [-0.2, 0) is 17.6 Å². The molecule has 8 nitrogen and oxygen atoms in total. The predicted molar refractivity (Wildman–Crippen MR) is 110 cm³/mol. The normalized spacial score (nSPS) is 14.4.